The molecule has 0 radical (unpaired) electrons. The molecule has 20 heavy (non-hydrogen) atoms. The lowest BCUT2D eigenvalue weighted by Crippen LogP contribution is -3.00. The van der Waals surface area contributed by atoms with Gasteiger partial charge in [-0.15, -0.1) is 0 Å². The molecule has 1 aromatic carbocycles. The van der Waals surface area contributed by atoms with Gasteiger partial charge in [0.2, 0.25) is 11.4 Å². The minimum Gasteiger partial charge on any atom is -1.00 e. The Balaban J connectivity index is 0.00000200. The maximum atomic E-state index is 11.1. The Labute approximate surface area is 129 Å². The fourth-order valence-corrected chi connectivity index (χ4v) is 2.90. The van der Waals surface area contributed by atoms with Gasteiger partial charge < -0.3 is 22.6 Å². The number of hydrogen-bond donors (Lipinski definition) is 1. The van der Waals surface area contributed by atoms with E-state index in [1.165, 1.54) is 11.9 Å². The molecule has 0 bridgehead atoms. The standard InChI is InChI=1S/C14H17N3OS.ClH/c1-10(18)15-11-5-6-12-13(9-11)19-14(17(12)4)7-8-16(2)3;/h5-9H,1-4H3;1H. The van der Waals surface area contributed by atoms with Crippen LogP contribution in [-0.4, -0.2) is 24.9 Å². The molecule has 0 aliphatic carbocycles. The van der Waals surface area contributed by atoms with Gasteiger partial charge in [0.05, 0.1) is 0 Å². The van der Waals surface area contributed by atoms with Crippen molar-refractivity contribution in [3.63, 3.8) is 0 Å². The number of amides is 1. The van der Waals surface area contributed by atoms with Crippen molar-refractivity contribution >= 4 is 39.2 Å². The molecule has 0 saturated heterocycles. The van der Waals surface area contributed by atoms with Crippen LogP contribution in [0.4, 0.5) is 5.69 Å². The minimum absolute atomic E-state index is 0. The van der Waals surface area contributed by atoms with Crippen molar-refractivity contribution < 1.29 is 21.8 Å². The molecule has 1 heterocycles. The highest BCUT2D eigenvalue weighted by molar-refractivity contribution is 7.18. The molecule has 0 aliphatic rings. The summed E-state index contributed by atoms with van der Waals surface area (Å²) in [6.07, 6.45) is 4.11. The molecule has 2 aromatic rings. The van der Waals surface area contributed by atoms with Crippen LogP contribution in [0.3, 0.4) is 0 Å². The largest absolute Gasteiger partial charge is 1.00 e. The second-order valence-electron chi connectivity index (χ2n) is 4.64. The normalized spacial score (nSPS) is 10.6. The van der Waals surface area contributed by atoms with Crippen molar-refractivity contribution in [3.8, 4) is 0 Å². The van der Waals surface area contributed by atoms with Crippen molar-refractivity contribution in [2.24, 2.45) is 7.05 Å². The Morgan fingerprint density at radius 1 is 1.40 bits per heavy atom. The van der Waals surface area contributed by atoms with E-state index in [-0.39, 0.29) is 18.3 Å². The topological polar surface area (TPSA) is 36.2 Å². The van der Waals surface area contributed by atoms with Crippen LogP contribution in [0.5, 0.6) is 0 Å². The first kappa shape index (κ1) is 16.5. The molecule has 1 aromatic heterocycles. The molecule has 0 unspecified atom stereocenters. The summed E-state index contributed by atoms with van der Waals surface area (Å²) in [6.45, 7) is 1.52. The Bertz CT molecular complexity index is 649. The summed E-state index contributed by atoms with van der Waals surface area (Å²) in [6, 6.07) is 5.97. The smallest absolute Gasteiger partial charge is 0.263 e. The Hall–Kier alpha value is -1.59. The number of carbonyl (C=O) groups excluding carboxylic acids is 1. The number of aryl methyl sites for hydroxylation is 1. The number of rotatable bonds is 3. The second-order valence-corrected chi connectivity index (χ2v) is 5.70. The average molecular weight is 312 g/mol. The summed E-state index contributed by atoms with van der Waals surface area (Å²) in [4.78, 5) is 13.1. The first-order chi connectivity index (χ1) is 8.97. The molecular weight excluding hydrogens is 294 g/mol. The van der Waals surface area contributed by atoms with Gasteiger partial charge in [-0.1, -0.05) is 11.3 Å². The van der Waals surface area contributed by atoms with Gasteiger partial charge >= 0.3 is 0 Å². The number of fused-ring (bicyclic) bond motifs is 1. The molecule has 0 saturated carbocycles. The highest BCUT2D eigenvalue weighted by Crippen LogP contribution is 2.24. The molecule has 6 heteroatoms. The summed E-state index contributed by atoms with van der Waals surface area (Å²) in [7, 11) is 6.05. The minimum atomic E-state index is -0.0481. The third kappa shape index (κ3) is 3.71. The van der Waals surface area contributed by atoms with Crippen LogP contribution in [0.1, 0.15) is 11.9 Å². The number of benzene rings is 1. The van der Waals surface area contributed by atoms with Crippen LogP contribution in [0.2, 0.25) is 0 Å². The number of thiazole rings is 1. The third-order valence-electron chi connectivity index (χ3n) is 2.70. The Morgan fingerprint density at radius 2 is 2.10 bits per heavy atom. The zero-order valence-corrected chi connectivity index (χ0v) is 13.5. The maximum Gasteiger partial charge on any atom is 0.263 e. The van der Waals surface area contributed by atoms with E-state index in [1.54, 1.807) is 11.3 Å². The van der Waals surface area contributed by atoms with Crippen molar-refractivity contribution in [1.29, 1.82) is 0 Å². The predicted octanol–water partition coefficient (Wildman–Crippen LogP) is -0.779. The molecule has 0 atom stereocenters. The predicted molar refractivity (Wildman–Crippen MR) is 80.0 cm³/mol. The number of hydrogen-bond acceptors (Lipinski definition) is 3. The van der Waals surface area contributed by atoms with E-state index in [0.29, 0.717) is 0 Å². The maximum absolute atomic E-state index is 11.1. The van der Waals surface area contributed by atoms with Crippen LogP contribution in [-0.2, 0) is 11.8 Å². The average Bonchev–Trinajstić information content (AvgIpc) is 2.62. The lowest BCUT2D eigenvalue weighted by Gasteiger charge is -2.00. The fraction of sp³-hybridized carbons (Fsp3) is 0.286. The number of nitrogens with one attached hydrogen (secondary N) is 1. The molecule has 0 spiro atoms. The lowest BCUT2D eigenvalue weighted by atomic mass is 10.3. The van der Waals surface area contributed by atoms with Crippen molar-refractivity contribution in [2.75, 3.05) is 19.4 Å². The highest BCUT2D eigenvalue weighted by Gasteiger charge is 2.15. The zero-order chi connectivity index (χ0) is 14.0. The van der Waals surface area contributed by atoms with Gasteiger partial charge in [0.25, 0.3) is 5.01 Å². The first-order valence-electron chi connectivity index (χ1n) is 6.02. The van der Waals surface area contributed by atoms with Gasteiger partial charge in [-0.05, 0) is 12.1 Å². The summed E-state index contributed by atoms with van der Waals surface area (Å²) in [5.74, 6) is -0.0481. The molecule has 4 nitrogen and oxygen atoms in total. The zero-order valence-electron chi connectivity index (χ0n) is 12.0. The summed E-state index contributed by atoms with van der Waals surface area (Å²) >= 11 is 1.71. The van der Waals surface area contributed by atoms with Crippen LogP contribution >= 0.6 is 11.3 Å². The second kappa shape index (κ2) is 6.72. The molecule has 0 fully saturated rings. The van der Waals surface area contributed by atoms with Gasteiger partial charge in [-0.2, -0.15) is 4.57 Å². The van der Waals surface area contributed by atoms with E-state index < -0.39 is 0 Å². The van der Waals surface area contributed by atoms with E-state index in [1.807, 2.05) is 50.4 Å². The summed E-state index contributed by atoms with van der Waals surface area (Å²) in [5.41, 5.74) is 2.00. The summed E-state index contributed by atoms with van der Waals surface area (Å²) < 4.78 is 3.31. The highest BCUT2D eigenvalue weighted by atomic mass is 35.5. The van der Waals surface area contributed by atoms with Gasteiger partial charge in [-0.25, -0.2) is 0 Å². The van der Waals surface area contributed by atoms with Crippen molar-refractivity contribution in [1.82, 2.24) is 4.90 Å². The van der Waals surface area contributed by atoms with Gasteiger partial charge in [0.15, 0.2) is 0 Å². The summed E-state index contributed by atoms with van der Waals surface area (Å²) in [5, 5.41) is 3.98. The van der Waals surface area contributed by atoms with Crippen molar-refractivity contribution in [3.05, 3.63) is 29.4 Å². The molecule has 108 valence electrons. The third-order valence-corrected chi connectivity index (χ3v) is 3.87. The quantitative estimate of drug-likeness (QED) is 0.755. The van der Waals surface area contributed by atoms with E-state index >= 15 is 0 Å². The van der Waals surface area contributed by atoms with Crippen LogP contribution in [0, 0.1) is 0 Å². The molecular formula is C14H18ClN3OS. The molecule has 0 aliphatic heterocycles. The van der Waals surface area contributed by atoms with Gasteiger partial charge in [-0.3, -0.25) is 4.79 Å². The number of halogens is 1. The van der Waals surface area contributed by atoms with Crippen molar-refractivity contribution in [2.45, 2.75) is 6.92 Å². The van der Waals surface area contributed by atoms with E-state index in [0.717, 1.165) is 15.9 Å². The fourth-order valence-electron chi connectivity index (χ4n) is 1.81. The Morgan fingerprint density at radius 3 is 2.70 bits per heavy atom. The van der Waals surface area contributed by atoms with Gasteiger partial charge in [0, 0.05) is 45.0 Å². The number of anilines is 1. The number of aromatic nitrogens is 1. The van der Waals surface area contributed by atoms with E-state index in [9.17, 15) is 4.79 Å². The first-order valence-corrected chi connectivity index (χ1v) is 6.84. The molecule has 1 N–H and O–H groups in total. The van der Waals surface area contributed by atoms with E-state index in [4.69, 9.17) is 0 Å². The van der Waals surface area contributed by atoms with Crippen LogP contribution < -0.4 is 22.3 Å². The monoisotopic (exact) mass is 311 g/mol. The number of carbonyl (C=O) groups is 1. The number of nitrogens with zero attached hydrogens (tertiary/aromatic N) is 2. The van der Waals surface area contributed by atoms with Gasteiger partial charge in [0.1, 0.15) is 11.7 Å². The SMILES string of the molecule is CC(=O)Nc1ccc2c(c1)sc(C=CN(C)C)[n+]2C.[Cl-]. The Kier molecular flexibility index (Phi) is 5.53. The van der Waals surface area contributed by atoms with Crippen LogP contribution in [0.15, 0.2) is 24.4 Å². The van der Waals surface area contributed by atoms with E-state index in [2.05, 4.69) is 16.0 Å². The molecule has 2 rings (SSSR count). The lowest BCUT2D eigenvalue weighted by molar-refractivity contribution is -0.642. The molecule has 1 amide bonds. The van der Waals surface area contributed by atoms with Crippen LogP contribution in [0.25, 0.3) is 16.3 Å².